The van der Waals surface area contributed by atoms with Crippen molar-refractivity contribution in [2.45, 2.75) is 32.2 Å². The van der Waals surface area contributed by atoms with Crippen LogP contribution in [0.5, 0.6) is 0 Å². The molecule has 0 saturated heterocycles. The maximum Gasteiger partial charge on any atom is 0.252 e. The van der Waals surface area contributed by atoms with Crippen molar-refractivity contribution in [1.29, 1.82) is 0 Å². The van der Waals surface area contributed by atoms with E-state index < -0.39 is 0 Å². The van der Waals surface area contributed by atoms with Gasteiger partial charge in [0, 0.05) is 36.8 Å². The van der Waals surface area contributed by atoms with Gasteiger partial charge in [-0.2, -0.15) is 5.10 Å². The van der Waals surface area contributed by atoms with Gasteiger partial charge in [-0.25, -0.2) is 4.98 Å². The fraction of sp³-hybridized carbons (Fsp3) is 0.462. The Kier molecular flexibility index (Phi) is 2.85. The van der Waals surface area contributed by atoms with E-state index in [1.807, 2.05) is 24.9 Å². The maximum absolute atomic E-state index is 11.6. The molecular formula is C13H17N5O. The van der Waals surface area contributed by atoms with Crippen LogP contribution in [0.3, 0.4) is 0 Å². The summed E-state index contributed by atoms with van der Waals surface area (Å²) in [6, 6.07) is 1.50. The Morgan fingerprint density at radius 1 is 1.53 bits per heavy atom. The summed E-state index contributed by atoms with van der Waals surface area (Å²) >= 11 is 0. The number of nitrogens with zero attached hydrogens (tertiary/aromatic N) is 3. The molecule has 0 aliphatic heterocycles. The van der Waals surface area contributed by atoms with Crippen molar-refractivity contribution < 1.29 is 0 Å². The molecule has 0 atom stereocenters. The summed E-state index contributed by atoms with van der Waals surface area (Å²) in [6.45, 7) is 2.64. The molecule has 2 aromatic rings. The topological polar surface area (TPSA) is 75.6 Å². The van der Waals surface area contributed by atoms with Crippen LogP contribution in [-0.2, 0) is 13.6 Å². The monoisotopic (exact) mass is 259 g/mol. The van der Waals surface area contributed by atoms with E-state index in [-0.39, 0.29) is 5.56 Å². The normalized spacial score (nSPS) is 14.6. The minimum atomic E-state index is -0.0951. The second kappa shape index (κ2) is 4.53. The highest BCUT2D eigenvalue weighted by Crippen LogP contribution is 2.37. The standard InChI is InChI=1S/C13H17N5O/c1-8-10(7-15-18(8)2)6-14-11-5-12(19)17-13(16-11)9-3-4-9/h5,7,9H,3-4,6H2,1-2H3,(H2,14,16,17,19). The van der Waals surface area contributed by atoms with Gasteiger partial charge in [-0.3, -0.25) is 9.48 Å². The molecular weight excluding hydrogens is 242 g/mol. The third-order valence-electron chi connectivity index (χ3n) is 3.52. The average Bonchev–Trinajstić information content (AvgIpc) is 3.17. The van der Waals surface area contributed by atoms with Gasteiger partial charge in [-0.1, -0.05) is 0 Å². The Morgan fingerprint density at radius 2 is 2.32 bits per heavy atom. The summed E-state index contributed by atoms with van der Waals surface area (Å²) in [5.41, 5.74) is 2.12. The lowest BCUT2D eigenvalue weighted by Crippen LogP contribution is -2.13. The first-order valence-corrected chi connectivity index (χ1v) is 6.46. The number of aromatic nitrogens is 4. The van der Waals surface area contributed by atoms with Crippen LogP contribution in [0.15, 0.2) is 17.1 Å². The molecule has 1 aliphatic carbocycles. The lowest BCUT2D eigenvalue weighted by atomic mass is 10.2. The van der Waals surface area contributed by atoms with E-state index in [1.54, 1.807) is 0 Å². The molecule has 2 N–H and O–H groups in total. The van der Waals surface area contributed by atoms with E-state index in [2.05, 4.69) is 20.4 Å². The van der Waals surface area contributed by atoms with E-state index >= 15 is 0 Å². The zero-order chi connectivity index (χ0) is 13.4. The van der Waals surface area contributed by atoms with Crippen LogP contribution in [0, 0.1) is 6.92 Å². The van der Waals surface area contributed by atoms with Gasteiger partial charge in [0.25, 0.3) is 5.56 Å². The number of aryl methyl sites for hydroxylation is 1. The molecule has 1 fully saturated rings. The highest BCUT2D eigenvalue weighted by Gasteiger charge is 2.26. The van der Waals surface area contributed by atoms with Crippen LogP contribution < -0.4 is 10.9 Å². The summed E-state index contributed by atoms with van der Waals surface area (Å²) in [7, 11) is 1.91. The summed E-state index contributed by atoms with van der Waals surface area (Å²) in [5, 5.41) is 7.38. The Bertz CT molecular complexity index is 653. The molecule has 2 heterocycles. The average molecular weight is 259 g/mol. The van der Waals surface area contributed by atoms with Crippen molar-refractivity contribution in [3.63, 3.8) is 0 Å². The van der Waals surface area contributed by atoms with Gasteiger partial charge in [0.1, 0.15) is 11.6 Å². The highest BCUT2D eigenvalue weighted by molar-refractivity contribution is 5.35. The molecule has 2 aromatic heterocycles. The molecule has 1 saturated carbocycles. The number of hydrogen-bond acceptors (Lipinski definition) is 4. The molecule has 3 rings (SSSR count). The highest BCUT2D eigenvalue weighted by atomic mass is 16.1. The van der Waals surface area contributed by atoms with Crippen molar-refractivity contribution in [3.05, 3.63) is 39.7 Å². The largest absolute Gasteiger partial charge is 0.366 e. The van der Waals surface area contributed by atoms with E-state index in [1.165, 1.54) is 6.07 Å². The van der Waals surface area contributed by atoms with Crippen molar-refractivity contribution in [2.75, 3.05) is 5.32 Å². The molecule has 0 radical (unpaired) electrons. The van der Waals surface area contributed by atoms with Crippen LogP contribution in [0.2, 0.25) is 0 Å². The number of nitrogens with one attached hydrogen (secondary N) is 2. The van der Waals surface area contributed by atoms with E-state index in [4.69, 9.17) is 0 Å². The molecule has 6 nitrogen and oxygen atoms in total. The molecule has 0 spiro atoms. The Labute approximate surface area is 110 Å². The van der Waals surface area contributed by atoms with Crippen molar-refractivity contribution >= 4 is 5.82 Å². The second-order valence-corrected chi connectivity index (χ2v) is 5.02. The van der Waals surface area contributed by atoms with E-state index in [0.717, 1.165) is 29.9 Å². The van der Waals surface area contributed by atoms with Crippen LogP contribution in [-0.4, -0.2) is 19.7 Å². The number of rotatable bonds is 4. The SMILES string of the molecule is Cc1c(CNc2cc(=O)[nH]c(C3CC3)n2)cnn1C. The Balaban J connectivity index is 1.76. The molecule has 1 aliphatic rings. The van der Waals surface area contributed by atoms with E-state index in [9.17, 15) is 4.79 Å². The Hall–Kier alpha value is -2.11. The molecule has 100 valence electrons. The minimum absolute atomic E-state index is 0.0951. The first-order chi connectivity index (χ1) is 9.13. The van der Waals surface area contributed by atoms with Gasteiger partial charge in [0.05, 0.1) is 6.20 Å². The third kappa shape index (κ3) is 2.52. The fourth-order valence-electron chi connectivity index (χ4n) is 2.02. The van der Waals surface area contributed by atoms with Gasteiger partial charge in [-0.15, -0.1) is 0 Å². The quantitative estimate of drug-likeness (QED) is 0.867. The van der Waals surface area contributed by atoms with Gasteiger partial charge in [-0.05, 0) is 19.8 Å². The molecule has 0 bridgehead atoms. The van der Waals surface area contributed by atoms with Gasteiger partial charge < -0.3 is 10.3 Å². The summed E-state index contributed by atoms with van der Waals surface area (Å²) < 4.78 is 1.83. The smallest absolute Gasteiger partial charge is 0.252 e. The van der Waals surface area contributed by atoms with Crippen LogP contribution >= 0.6 is 0 Å². The predicted octanol–water partition coefficient (Wildman–Crippen LogP) is 1.30. The van der Waals surface area contributed by atoms with E-state index in [0.29, 0.717) is 18.3 Å². The first-order valence-electron chi connectivity index (χ1n) is 6.46. The number of H-pyrrole nitrogens is 1. The van der Waals surface area contributed by atoms with Crippen LogP contribution in [0.25, 0.3) is 0 Å². The Morgan fingerprint density at radius 3 is 2.95 bits per heavy atom. The van der Waals surface area contributed by atoms with Gasteiger partial charge >= 0.3 is 0 Å². The predicted molar refractivity (Wildman–Crippen MR) is 72.1 cm³/mol. The summed E-state index contributed by atoms with van der Waals surface area (Å²) in [6.07, 6.45) is 4.07. The number of hydrogen-bond donors (Lipinski definition) is 2. The maximum atomic E-state index is 11.6. The third-order valence-corrected chi connectivity index (χ3v) is 3.52. The summed E-state index contributed by atoms with van der Waals surface area (Å²) in [4.78, 5) is 18.8. The number of anilines is 1. The molecule has 0 aromatic carbocycles. The second-order valence-electron chi connectivity index (χ2n) is 5.02. The van der Waals surface area contributed by atoms with Crippen LogP contribution in [0.1, 0.15) is 35.8 Å². The minimum Gasteiger partial charge on any atom is -0.366 e. The van der Waals surface area contributed by atoms with Crippen molar-refractivity contribution in [2.24, 2.45) is 7.05 Å². The van der Waals surface area contributed by atoms with Crippen LogP contribution in [0.4, 0.5) is 5.82 Å². The van der Waals surface area contributed by atoms with Gasteiger partial charge in [0.2, 0.25) is 0 Å². The zero-order valence-electron chi connectivity index (χ0n) is 11.1. The lowest BCUT2D eigenvalue weighted by molar-refractivity contribution is 0.738. The lowest BCUT2D eigenvalue weighted by Gasteiger charge is -2.06. The molecule has 6 heteroatoms. The number of aromatic amines is 1. The van der Waals surface area contributed by atoms with Crippen molar-refractivity contribution in [1.82, 2.24) is 19.7 Å². The fourth-order valence-corrected chi connectivity index (χ4v) is 2.02. The molecule has 19 heavy (non-hydrogen) atoms. The first kappa shape index (κ1) is 12.0. The molecule has 0 amide bonds. The molecule has 0 unspecified atom stereocenters. The summed E-state index contributed by atoms with van der Waals surface area (Å²) in [5.74, 6) is 1.88. The van der Waals surface area contributed by atoms with Gasteiger partial charge in [0.15, 0.2) is 0 Å². The van der Waals surface area contributed by atoms with Crippen molar-refractivity contribution in [3.8, 4) is 0 Å². The zero-order valence-corrected chi connectivity index (χ0v) is 11.1.